The summed E-state index contributed by atoms with van der Waals surface area (Å²) >= 11 is 0. The maximum atomic E-state index is 12.6. The minimum Gasteiger partial charge on any atom is -0.390 e. The van der Waals surface area contributed by atoms with E-state index in [-0.39, 0.29) is 12.5 Å². The van der Waals surface area contributed by atoms with Crippen molar-refractivity contribution in [2.45, 2.75) is 20.0 Å². The molecule has 134 valence electrons. The molecule has 1 saturated heterocycles. The predicted octanol–water partition coefficient (Wildman–Crippen LogP) is 0.848. The van der Waals surface area contributed by atoms with Gasteiger partial charge in [0.1, 0.15) is 0 Å². The van der Waals surface area contributed by atoms with Crippen molar-refractivity contribution in [3.8, 4) is 0 Å². The summed E-state index contributed by atoms with van der Waals surface area (Å²) in [5, 5.41) is 17.2. The van der Waals surface area contributed by atoms with Gasteiger partial charge in [0.2, 0.25) is 0 Å². The number of aliphatic hydroxyl groups excluding tert-OH is 1. The molecule has 1 aliphatic rings. The third kappa shape index (κ3) is 4.54. The van der Waals surface area contributed by atoms with Crippen molar-refractivity contribution in [2.24, 2.45) is 0 Å². The number of aromatic nitrogens is 1. The highest BCUT2D eigenvalue weighted by molar-refractivity contribution is 6.06. The average Bonchev–Trinajstić information content (AvgIpc) is 2.60. The average molecular weight is 342 g/mol. The van der Waals surface area contributed by atoms with Gasteiger partial charge in [0.05, 0.1) is 17.2 Å². The number of nitrogens with one attached hydrogen (secondary N) is 2. The van der Waals surface area contributed by atoms with Crippen molar-refractivity contribution in [3.63, 3.8) is 0 Å². The molecule has 1 amide bonds. The molecule has 2 aromatic rings. The van der Waals surface area contributed by atoms with Crippen molar-refractivity contribution in [2.75, 3.05) is 39.3 Å². The van der Waals surface area contributed by atoms with Crippen molar-refractivity contribution in [1.82, 2.24) is 20.5 Å². The van der Waals surface area contributed by atoms with Gasteiger partial charge in [-0.1, -0.05) is 11.6 Å². The van der Waals surface area contributed by atoms with Crippen LogP contribution in [0.15, 0.2) is 24.3 Å². The van der Waals surface area contributed by atoms with Crippen LogP contribution in [0.2, 0.25) is 0 Å². The van der Waals surface area contributed by atoms with Crippen LogP contribution in [0.3, 0.4) is 0 Å². The number of carbonyl (C=O) groups excluding carboxylic acids is 1. The van der Waals surface area contributed by atoms with Gasteiger partial charge < -0.3 is 15.7 Å². The lowest BCUT2D eigenvalue weighted by Crippen LogP contribution is -2.48. The zero-order valence-electron chi connectivity index (χ0n) is 14.9. The molecule has 3 rings (SSSR count). The third-order valence-corrected chi connectivity index (χ3v) is 4.51. The molecule has 2 heterocycles. The summed E-state index contributed by atoms with van der Waals surface area (Å²) in [6.07, 6.45) is -0.571. The fraction of sp³-hybridized carbons (Fsp3) is 0.474. The van der Waals surface area contributed by atoms with Crippen LogP contribution in [-0.4, -0.2) is 66.3 Å². The van der Waals surface area contributed by atoms with E-state index in [4.69, 9.17) is 0 Å². The number of nitrogens with zero attached hydrogens (tertiary/aromatic N) is 2. The molecule has 0 spiro atoms. The van der Waals surface area contributed by atoms with E-state index in [1.165, 1.54) is 0 Å². The SMILES string of the molecule is Cc1ccc2nc(C)cc(C(=O)NCC(O)CN3CCNCC3)c2c1. The Morgan fingerprint density at radius 3 is 2.84 bits per heavy atom. The first kappa shape index (κ1) is 17.8. The molecule has 25 heavy (non-hydrogen) atoms. The van der Waals surface area contributed by atoms with Crippen molar-refractivity contribution >= 4 is 16.8 Å². The zero-order valence-corrected chi connectivity index (χ0v) is 14.9. The summed E-state index contributed by atoms with van der Waals surface area (Å²) in [5.41, 5.74) is 3.33. The largest absolute Gasteiger partial charge is 0.390 e. The Morgan fingerprint density at radius 1 is 1.32 bits per heavy atom. The number of pyridine rings is 1. The molecule has 0 bridgehead atoms. The standard InChI is InChI=1S/C19H26N4O2/c1-13-3-4-18-16(9-13)17(10-14(2)22-18)19(25)21-11-15(24)12-23-7-5-20-6-8-23/h3-4,9-10,15,20,24H,5-8,11-12H2,1-2H3,(H,21,25). The molecule has 6 nitrogen and oxygen atoms in total. The van der Waals surface area contributed by atoms with Crippen LogP contribution in [0.1, 0.15) is 21.6 Å². The zero-order chi connectivity index (χ0) is 17.8. The van der Waals surface area contributed by atoms with E-state index in [1.54, 1.807) is 6.07 Å². The number of amides is 1. The molecule has 0 aliphatic carbocycles. The fourth-order valence-corrected chi connectivity index (χ4v) is 3.22. The number of hydrogen-bond acceptors (Lipinski definition) is 5. The van der Waals surface area contributed by atoms with E-state index < -0.39 is 6.10 Å². The smallest absolute Gasteiger partial charge is 0.252 e. The van der Waals surface area contributed by atoms with E-state index in [1.807, 2.05) is 32.0 Å². The summed E-state index contributed by atoms with van der Waals surface area (Å²) in [7, 11) is 0. The summed E-state index contributed by atoms with van der Waals surface area (Å²) in [6, 6.07) is 7.72. The van der Waals surface area contributed by atoms with Gasteiger partial charge >= 0.3 is 0 Å². The maximum Gasteiger partial charge on any atom is 0.252 e. The third-order valence-electron chi connectivity index (χ3n) is 4.51. The van der Waals surface area contributed by atoms with Gasteiger partial charge in [0.25, 0.3) is 5.91 Å². The molecular formula is C19H26N4O2. The van der Waals surface area contributed by atoms with Gasteiger partial charge in [0, 0.05) is 50.3 Å². The summed E-state index contributed by atoms with van der Waals surface area (Å²) in [4.78, 5) is 19.3. The van der Waals surface area contributed by atoms with Gasteiger partial charge in [-0.3, -0.25) is 14.7 Å². The maximum absolute atomic E-state index is 12.6. The molecule has 0 radical (unpaired) electrons. The summed E-state index contributed by atoms with van der Waals surface area (Å²) in [5.74, 6) is -0.166. The minimum atomic E-state index is -0.571. The number of benzene rings is 1. The van der Waals surface area contributed by atoms with E-state index >= 15 is 0 Å². The Kier molecular flexibility index (Phi) is 5.63. The molecule has 1 atom stereocenters. The Labute approximate surface area is 148 Å². The highest BCUT2D eigenvalue weighted by Gasteiger charge is 2.17. The molecule has 1 unspecified atom stereocenters. The van der Waals surface area contributed by atoms with Crippen LogP contribution in [0.25, 0.3) is 10.9 Å². The minimum absolute atomic E-state index is 0.166. The topological polar surface area (TPSA) is 77.5 Å². The van der Waals surface area contributed by atoms with Crippen LogP contribution in [0.5, 0.6) is 0 Å². The van der Waals surface area contributed by atoms with Gasteiger partial charge in [0.15, 0.2) is 0 Å². The molecule has 1 aliphatic heterocycles. The Balaban J connectivity index is 1.66. The van der Waals surface area contributed by atoms with E-state index in [9.17, 15) is 9.90 Å². The lowest BCUT2D eigenvalue weighted by atomic mass is 10.0. The number of β-amino-alcohol motifs (C(OH)–C–C–N with tert-alkyl or cyclic N) is 1. The number of aryl methyl sites for hydroxylation is 2. The second-order valence-electron chi connectivity index (χ2n) is 6.75. The summed E-state index contributed by atoms with van der Waals surface area (Å²) < 4.78 is 0. The lowest BCUT2D eigenvalue weighted by Gasteiger charge is -2.29. The Hall–Kier alpha value is -2.02. The fourth-order valence-electron chi connectivity index (χ4n) is 3.22. The Morgan fingerprint density at radius 2 is 2.08 bits per heavy atom. The van der Waals surface area contributed by atoms with Crippen molar-refractivity contribution in [3.05, 3.63) is 41.1 Å². The molecule has 0 saturated carbocycles. The van der Waals surface area contributed by atoms with Crippen LogP contribution in [-0.2, 0) is 0 Å². The first-order valence-corrected chi connectivity index (χ1v) is 8.80. The van der Waals surface area contributed by atoms with Gasteiger partial charge in [-0.25, -0.2) is 0 Å². The van der Waals surface area contributed by atoms with E-state index in [0.717, 1.165) is 48.3 Å². The highest BCUT2D eigenvalue weighted by atomic mass is 16.3. The molecule has 1 fully saturated rings. The second kappa shape index (κ2) is 7.91. The number of carbonyl (C=O) groups is 1. The van der Waals surface area contributed by atoms with Crippen LogP contribution in [0.4, 0.5) is 0 Å². The summed E-state index contributed by atoms with van der Waals surface area (Å²) in [6.45, 7) is 8.46. The molecule has 3 N–H and O–H groups in total. The molecule has 1 aromatic carbocycles. The van der Waals surface area contributed by atoms with E-state index in [2.05, 4.69) is 20.5 Å². The quantitative estimate of drug-likeness (QED) is 0.751. The van der Waals surface area contributed by atoms with Crippen molar-refractivity contribution in [1.29, 1.82) is 0 Å². The van der Waals surface area contributed by atoms with Gasteiger partial charge in [-0.2, -0.15) is 0 Å². The highest BCUT2D eigenvalue weighted by Crippen LogP contribution is 2.20. The number of fused-ring (bicyclic) bond motifs is 1. The predicted molar refractivity (Wildman–Crippen MR) is 98.9 cm³/mol. The molecule has 6 heteroatoms. The Bertz CT molecular complexity index is 756. The van der Waals surface area contributed by atoms with Crippen LogP contribution >= 0.6 is 0 Å². The molecular weight excluding hydrogens is 316 g/mol. The van der Waals surface area contributed by atoms with Crippen LogP contribution < -0.4 is 10.6 Å². The number of aliphatic hydroxyl groups is 1. The van der Waals surface area contributed by atoms with Crippen molar-refractivity contribution < 1.29 is 9.90 Å². The van der Waals surface area contributed by atoms with Gasteiger partial charge in [-0.15, -0.1) is 0 Å². The van der Waals surface area contributed by atoms with E-state index in [0.29, 0.717) is 12.1 Å². The first-order valence-electron chi connectivity index (χ1n) is 8.80. The lowest BCUT2D eigenvalue weighted by molar-refractivity contribution is 0.0843. The van der Waals surface area contributed by atoms with Gasteiger partial charge in [-0.05, 0) is 32.0 Å². The number of piperazine rings is 1. The van der Waals surface area contributed by atoms with Crippen LogP contribution in [0, 0.1) is 13.8 Å². The normalized spacial score (nSPS) is 16.8. The first-order chi connectivity index (χ1) is 12.0. The second-order valence-corrected chi connectivity index (χ2v) is 6.75. The monoisotopic (exact) mass is 342 g/mol. The number of rotatable bonds is 5. The molecule has 1 aromatic heterocycles. The number of hydrogen-bond donors (Lipinski definition) is 3.